The fourth-order valence-electron chi connectivity index (χ4n) is 2.32. The smallest absolute Gasteiger partial charge is 0.286 e. The van der Waals surface area contributed by atoms with Gasteiger partial charge in [-0.3, -0.25) is 4.79 Å². The molecule has 0 fully saturated rings. The van der Waals surface area contributed by atoms with Gasteiger partial charge in [0.2, 0.25) is 0 Å². The van der Waals surface area contributed by atoms with Crippen LogP contribution in [0.25, 0.3) is 11.1 Å². The standard InChI is InChI=1S/C16H18FNO3/c1-9-12(8-18(3)16(19)15(9)17)11-6-13(20-4)10(2)14(7-11)21-5/h6-8H,1-5H3. The van der Waals surface area contributed by atoms with E-state index in [-0.39, 0.29) is 0 Å². The molecular weight excluding hydrogens is 273 g/mol. The number of hydrogen-bond acceptors (Lipinski definition) is 3. The van der Waals surface area contributed by atoms with Crippen LogP contribution in [0.5, 0.6) is 11.5 Å². The molecular formula is C16H18FNO3. The van der Waals surface area contributed by atoms with E-state index in [2.05, 4.69) is 0 Å². The minimum Gasteiger partial charge on any atom is -0.496 e. The molecule has 0 aliphatic carbocycles. The summed E-state index contributed by atoms with van der Waals surface area (Å²) in [4.78, 5) is 11.6. The Morgan fingerprint density at radius 1 is 1.05 bits per heavy atom. The lowest BCUT2D eigenvalue weighted by atomic mass is 10.00. The third-order valence-corrected chi connectivity index (χ3v) is 3.63. The van der Waals surface area contributed by atoms with Gasteiger partial charge in [0.05, 0.1) is 14.2 Å². The summed E-state index contributed by atoms with van der Waals surface area (Å²) in [6.45, 7) is 3.47. The number of rotatable bonds is 3. The van der Waals surface area contributed by atoms with E-state index in [0.717, 1.165) is 11.1 Å². The summed E-state index contributed by atoms with van der Waals surface area (Å²) in [5, 5.41) is 0. The summed E-state index contributed by atoms with van der Waals surface area (Å²) in [6, 6.07) is 3.62. The Bertz CT molecular complexity index is 725. The van der Waals surface area contributed by atoms with Crippen LogP contribution in [-0.2, 0) is 7.05 Å². The third-order valence-electron chi connectivity index (χ3n) is 3.63. The number of pyridine rings is 1. The molecule has 0 unspecified atom stereocenters. The Morgan fingerprint density at radius 3 is 2.05 bits per heavy atom. The summed E-state index contributed by atoms with van der Waals surface area (Å²) >= 11 is 0. The van der Waals surface area contributed by atoms with Crippen molar-refractivity contribution in [2.75, 3.05) is 14.2 Å². The van der Waals surface area contributed by atoms with Crippen molar-refractivity contribution < 1.29 is 13.9 Å². The second-order valence-corrected chi connectivity index (χ2v) is 4.90. The highest BCUT2D eigenvalue weighted by atomic mass is 19.1. The predicted octanol–water partition coefficient (Wildman–Crippen LogP) is 2.83. The topological polar surface area (TPSA) is 40.5 Å². The van der Waals surface area contributed by atoms with Gasteiger partial charge < -0.3 is 14.0 Å². The van der Waals surface area contributed by atoms with Crippen LogP contribution in [0.15, 0.2) is 23.1 Å². The molecule has 0 aliphatic heterocycles. The quantitative estimate of drug-likeness (QED) is 0.873. The van der Waals surface area contributed by atoms with Gasteiger partial charge in [0, 0.05) is 24.4 Å². The first kappa shape index (κ1) is 15.1. The Hall–Kier alpha value is -2.30. The summed E-state index contributed by atoms with van der Waals surface area (Å²) in [7, 11) is 4.66. The lowest BCUT2D eigenvalue weighted by Crippen LogP contribution is -2.21. The van der Waals surface area contributed by atoms with Gasteiger partial charge in [0.15, 0.2) is 5.82 Å². The molecule has 2 rings (SSSR count). The van der Waals surface area contributed by atoms with E-state index in [0.29, 0.717) is 22.6 Å². The average molecular weight is 291 g/mol. The van der Waals surface area contributed by atoms with Crippen molar-refractivity contribution in [2.24, 2.45) is 7.05 Å². The Balaban J connectivity index is 2.76. The van der Waals surface area contributed by atoms with Crippen LogP contribution >= 0.6 is 0 Å². The number of nitrogens with zero attached hydrogens (tertiary/aromatic N) is 1. The first-order valence-electron chi connectivity index (χ1n) is 6.49. The molecule has 5 heteroatoms. The molecule has 0 atom stereocenters. The highest BCUT2D eigenvalue weighted by Gasteiger charge is 2.15. The molecule has 1 aromatic carbocycles. The Kier molecular flexibility index (Phi) is 4.02. The van der Waals surface area contributed by atoms with Gasteiger partial charge in [0.25, 0.3) is 5.56 Å². The zero-order chi connectivity index (χ0) is 15.7. The van der Waals surface area contributed by atoms with Crippen molar-refractivity contribution in [3.05, 3.63) is 45.6 Å². The highest BCUT2D eigenvalue weighted by Crippen LogP contribution is 2.35. The highest BCUT2D eigenvalue weighted by molar-refractivity contribution is 5.71. The maximum absolute atomic E-state index is 14.0. The zero-order valence-corrected chi connectivity index (χ0v) is 12.8. The Labute approximate surface area is 122 Å². The van der Waals surface area contributed by atoms with Gasteiger partial charge in [-0.15, -0.1) is 0 Å². The molecule has 0 spiro atoms. The normalized spacial score (nSPS) is 10.6. The second-order valence-electron chi connectivity index (χ2n) is 4.90. The number of hydrogen-bond donors (Lipinski definition) is 0. The Morgan fingerprint density at radius 2 is 1.57 bits per heavy atom. The summed E-state index contributed by atoms with van der Waals surface area (Å²) in [5.74, 6) is 0.560. The molecule has 21 heavy (non-hydrogen) atoms. The summed E-state index contributed by atoms with van der Waals surface area (Å²) < 4.78 is 25.9. The molecule has 0 saturated heterocycles. The first-order valence-corrected chi connectivity index (χ1v) is 6.49. The molecule has 2 aromatic rings. The van der Waals surface area contributed by atoms with Gasteiger partial charge in [-0.1, -0.05) is 0 Å². The number of aromatic nitrogens is 1. The van der Waals surface area contributed by atoms with E-state index in [1.54, 1.807) is 27.3 Å². The van der Waals surface area contributed by atoms with Gasteiger partial charge in [-0.25, -0.2) is 4.39 Å². The number of methoxy groups -OCH3 is 2. The van der Waals surface area contributed by atoms with Crippen LogP contribution in [0.3, 0.4) is 0 Å². The van der Waals surface area contributed by atoms with E-state index in [4.69, 9.17) is 9.47 Å². The molecule has 0 bridgehead atoms. The molecule has 4 nitrogen and oxygen atoms in total. The van der Waals surface area contributed by atoms with Crippen LogP contribution in [0.1, 0.15) is 11.1 Å². The number of ether oxygens (including phenoxy) is 2. The zero-order valence-electron chi connectivity index (χ0n) is 12.8. The second kappa shape index (κ2) is 5.60. The lowest BCUT2D eigenvalue weighted by molar-refractivity contribution is 0.389. The molecule has 0 N–H and O–H groups in total. The van der Waals surface area contributed by atoms with Crippen molar-refractivity contribution in [2.45, 2.75) is 13.8 Å². The fraction of sp³-hybridized carbons (Fsp3) is 0.312. The van der Waals surface area contributed by atoms with E-state index in [9.17, 15) is 9.18 Å². The average Bonchev–Trinajstić information content (AvgIpc) is 2.49. The summed E-state index contributed by atoms with van der Waals surface area (Å²) in [6.07, 6.45) is 1.62. The predicted molar refractivity (Wildman–Crippen MR) is 79.7 cm³/mol. The largest absolute Gasteiger partial charge is 0.496 e. The molecule has 0 radical (unpaired) electrons. The molecule has 0 amide bonds. The molecule has 1 aromatic heterocycles. The van der Waals surface area contributed by atoms with Gasteiger partial charge in [-0.2, -0.15) is 0 Å². The van der Waals surface area contributed by atoms with Gasteiger partial charge in [-0.05, 0) is 37.1 Å². The van der Waals surface area contributed by atoms with Crippen molar-refractivity contribution >= 4 is 0 Å². The molecule has 112 valence electrons. The van der Waals surface area contributed by atoms with Gasteiger partial charge >= 0.3 is 0 Å². The van der Waals surface area contributed by atoms with Crippen molar-refractivity contribution in [3.8, 4) is 22.6 Å². The van der Waals surface area contributed by atoms with Crippen LogP contribution in [0.2, 0.25) is 0 Å². The van der Waals surface area contributed by atoms with Crippen LogP contribution in [-0.4, -0.2) is 18.8 Å². The monoisotopic (exact) mass is 291 g/mol. The van der Waals surface area contributed by atoms with Crippen LogP contribution in [0, 0.1) is 19.7 Å². The number of benzene rings is 1. The van der Waals surface area contributed by atoms with E-state index in [1.807, 2.05) is 19.1 Å². The van der Waals surface area contributed by atoms with Crippen molar-refractivity contribution in [1.29, 1.82) is 0 Å². The lowest BCUT2D eigenvalue weighted by Gasteiger charge is -2.15. The van der Waals surface area contributed by atoms with Crippen molar-refractivity contribution in [1.82, 2.24) is 4.57 Å². The SMILES string of the molecule is COc1cc(-c2cn(C)c(=O)c(F)c2C)cc(OC)c1C. The van der Waals surface area contributed by atoms with Crippen molar-refractivity contribution in [3.63, 3.8) is 0 Å². The maximum atomic E-state index is 14.0. The number of aryl methyl sites for hydroxylation is 1. The minimum absolute atomic E-state index is 0.311. The van der Waals surface area contributed by atoms with Gasteiger partial charge in [0.1, 0.15) is 11.5 Å². The molecule has 0 saturated carbocycles. The van der Waals surface area contributed by atoms with Crippen LogP contribution < -0.4 is 15.0 Å². The van der Waals surface area contributed by atoms with E-state index < -0.39 is 11.4 Å². The molecule has 1 heterocycles. The van der Waals surface area contributed by atoms with Crippen LogP contribution in [0.4, 0.5) is 4.39 Å². The first-order chi connectivity index (χ1) is 9.90. The summed E-state index contributed by atoms with van der Waals surface area (Å²) in [5.41, 5.74) is 1.91. The maximum Gasteiger partial charge on any atom is 0.286 e. The van der Waals surface area contributed by atoms with E-state index >= 15 is 0 Å². The van der Waals surface area contributed by atoms with E-state index in [1.165, 1.54) is 11.6 Å². The fourth-order valence-corrected chi connectivity index (χ4v) is 2.32. The minimum atomic E-state index is -0.742. The third kappa shape index (κ3) is 2.51. The molecule has 0 aliphatic rings. The number of halogens is 1.